The lowest BCUT2D eigenvalue weighted by atomic mass is 10.3. The van der Waals surface area contributed by atoms with Gasteiger partial charge in [0, 0.05) is 0 Å². The summed E-state index contributed by atoms with van der Waals surface area (Å²) in [6, 6.07) is 33.0. The van der Waals surface area contributed by atoms with Gasteiger partial charge in [0.15, 0.2) is 6.61 Å². The molecule has 0 spiro atoms. The molecule has 0 N–H and O–H groups in total. The van der Waals surface area contributed by atoms with E-state index in [1.54, 1.807) is 0 Å². The first-order chi connectivity index (χ1) is 15.1. The molecule has 31 heavy (non-hydrogen) atoms. The molecule has 0 radical (unpaired) electrons. The highest BCUT2D eigenvalue weighted by molar-refractivity contribution is 7.11. The molecule has 0 aliphatic heterocycles. The van der Waals surface area contributed by atoms with Crippen LogP contribution in [0.15, 0.2) is 91.0 Å². The lowest BCUT2D eigenvalue weighted by molar-refractivity contribution is -0.158. The molecule has 1 fully saturated rings. The topological polar surface area (TPSA) is 52.6 Å². The first-order valence-electron chi connectivity index (χ1n) is 10.5. The molecule has 158 valence electrons. The largest absolute Gasteiger partial charge is 0.466 e. The zero-order chi connectivity index (χ0) is 21.7. The number of benzene rings is 3. The van der Waals surface area contributed by atoms with Crippen molar-refractivity contribution >= 4 is 35.6 Å². The number of hydrogen-bond acceptors (Lipinski definition) is 4. The molecular weight excluding hydrogens is 404 g/mol. The number of ether oxygens (including phenoxy) is 2. The van der Waals surface area contributed by atoms with Crippen LogP contribution in [0, 0.1) is 11.8 Å². The molecule has 0 amide bonds. The minimum Gasteiger partial charge on any atom is -0.466 e. The van der Waals surface area contributed by atoms with Crippen molar-refractivity contribution in [2.75, 3.05) is 13.7 Å². The van der Waals surface area contributed by atoms with Crippen molar-refractivity contribution in [3.63, 3.8) is 0 Å². The molecule has 0 saturated heterocycles. The van der Waals surface area contributed by atoms with Crippen LogP contribution in [0.1, 0.15) is 6.42 Å². The molecule has 0 unspecified atom stereocenters. The Hall–Kier alpha value is -3.18. The van der Waals surface area contributed by atoms with Gasteiger partial charge in [-0.2, -0.15) is 0 Å². The van der Waals surface area contributed by atoms with Crippen LogP contribution >= 0.6 is 0 Å². The van der Waals surface area contributed by atoms with Gasteiger partial charge >= 0.3 is 11.9 Å². The van der Waals surface area contributed by atoms with Crippen molar-refractivity contribution in [2.24, 2.45) is 11.8 Å². The molecule has 0 aromatic heterocycles. The minimum absolute atomic E-state index is 0.160. The van der Waals surface area contributed by atoms with Gasteiger partial charge in [0.2, 0.25) is 0 Å². The molecule has 0 bridgehead atoms. The van der Waals surface area contributed by atoms with Gasteiger partial charge in [-0.3, -0.25) is 4.79 Å². The Balaban J connectivity index is 1.69. The van der Waals surface area contributed by atoms with Crippen molar-refractivity contribution < 1.29 is 19.1 Å². The Morgan fingerprint density at radius 2 is 1.26 bits per heavy atom. The molecule has 1 aliphatic carbocycles. The number of rotatable bonds is 8. The van der Waals surface area contributed by atoms with E-state index in [9.17, 15) is 9.59 Å². The summed E-state index contributed by atoms with van der Waals surface area (Å²) < 4.78 is 9.75. The third kappa shape index (κ3) is 4.47. The van der Waals surface area contributed by atoms with Crippen molar-refractivity contribution in [2.45, 2.75) is 12.5 Å². The van der Waals surface area contributed by atoms with E-state index >= 15 is 0 Å². The summed E-state index contributed by atoms with van der Waals surface area (Å²) in [7, 11) is -1.08. The zero-order valence-electron chi connectivity index (χ0n) is 17.6. The molecule has 3 aromatic carbocycles. The second kappa shape index (κ2) is 9.31. The van der Waals surface area contributed by atoms with Crippen molar-refractivity contribution in [3.05, 3.63) is 91.0 Å². The van der Waals surface area contributed by atoms with E-state index in [1.807, 2.05) is 18.2 Å². The summed E-state index contributed by atoms with van der Waals surface area (Å²) in [6.07, 6.45) is 0.793. The maximum absolute atomic E-state index is 12.5. The average Bonchev–Trinajstić information content (AvgIpc) is 3.61. The van der Waals surface area contributed by atoms with Crippen LogP contribution in [0.5, 0.6) is 0 Å². The Labute approximate surface area is 183 Å². The van der Waals surface area contributed by atoms with Gasteiger partial charge < -0.3 is 9.47 Å². The van der Waals surface area contributed by atoms with Crippen LogP contribution < -0.4 is 15.6 Å². The first-order valence-corrected chi connectivity index (χ1v) is 12.8. The summed E-state index contributed by atoms with van der Waals surface area (Å²) in [6.45, 7) is -0.322. The van der Waals surface area contributed by atoms with Crippen LogP contribution in [0.25, 0.3) is 0 Å². The molecule has 3 aromatic rings. The second-order valence-corrected chi connectivity index (χ2v) is 11.9. The number of esters is 2. The number of carbonyl (C=O) groups excluding carboxylic acids is 2. The van der Waals surface area contributed by atoms with Crippen LogP contribution in [0.3, 0.4) is 0 Å². The Morgan fingerprint density at radius 3 is 1.68 bits per heavy atom. The van der Waals surface area contributed by atoms with E-state index in [0.717, 1.165) is 12.5 Å². The van der Waals surface area contributed by atoms with Crippen LogP contribution in [-0.4, -0.2) is 33.7 Å². The highest BCUT2D eigenvalue weighted by atomic mass is 28.3. The maximum atomic E-state index is 12.5. The third-order valence-corrected chi connectivity index (χ3v) is 11.2. The van der Waals surface area contributed by atoms with Gasteiger partial charge in [-0.25, -0.2) is 4.79 Å². The Bertz CT molecular complexity index is 924. The second-order valence-electron chi connectivity index (χ2n) is 7.99. The van der Waals surface area contributed by atoms with E-state index in [2.05, 4.69) is 77.5 Å². The molecule has 0 heterocycles. The van der Waals surface area contributed by atoms with Gasteiger partial charge in [0.1, 0.15) is 8.07 Å². The van der Waals surface area contributed by atoms with Gasteiger partial charge in [0.05, 0.1) is 13.0 Å². The van der Waals surface area contributed by atoms with Crippen LogP contribution in [0.4, 0.5) is 0 Å². The van der Waals surface area contributed by atoms with Crippen LogP contribution in [0.2, 0.25) is 6.04 Å². The van der Waals surface area contributed by atoms with E-state index in [-0.39, 0.29) is 24.4 Å². The number of methoxy groups -OCH3 is 1. The first kappa shape index (κ1) is 21.1. The Morgan fingerprint density at radius 1 is 0.806 bits per heavy atom. The smallest absolute Gasteiger partial charge is 0.344 e. The quantitative estimate of drug-likeness (QED) is 0.313. The van der Waals surface area contributed by atoms with Crippen LogP contribution in [-0.2, 0) is 19.1 Å². The summed E-state index contributed by atoms with van der Waals surface area (Å²) in [5.74, 6) is -0.760. The molecule has 4 nitrogen and oxygen atoms in total. The maximum Gasteiger partial charge on any atom is 0.344 e. The summed E-state index contributed by atoms with van der Waals surface area (Å²) >= 11 is 0. The fraction of sp³-hybridized carbons (Fsp3) is 0.231. The number of carbonyl (C=O) groups is 2. The molecular formula is C26H26O4Si. The SMILES string of the molecule is COC(=O)COC(=O)[C@@H]1C[C@H]1C[Si](c1ccccc1)(c1ccccc1)c1ccccc1. The minimum atomic E-state index is -2.36. The van der Waals surface area contributed by atoms with Gasteiger partial charge in [-0.1, -0.05) is 91.0 Å². The molecule has 4 rings (SSSR count). The third-order valence-electron chi connectivity index (χ3n) is 6.15. The van der Waals surface area contributed by atoms with Crippen molar-refractivity contribution in [1.82, 2.24) is 0 Å². The van der Waals surface area contributed by atoms with Crippen molar-refractivity contribution in [3.8, 4) is 0 Å². The zero-order valence-corrected chi connectivity index (χ0v) is 18.6. The average molecular weight is 431 g/mol. The standard InChI is InChI=1S/C26H26O4Si/c1-29-25(27)18-30-26(28)24-17-20(24)19-31(21-11-5-2-6-12-21,22-13-7-3-8-14-22)23-15-9-4-10-16-23/h2-16,20,24H,17-19H2,1H3/t20-,24+/m0/s1. The highest BCUT2D eigenvalue weighted by Gasteiger charge is 2.51. The van der Waals surface area contributed by atoms with E-state index in [4.69, 9.17) is 4.74 Å². The summed E-state index contributed by atoms with van der Waals surface area (Å²) in [5, 5.41) is 4.00. The van der Waals surface area contributed by atoms with Crippen molar-refractivity contribution in [1.29, 1.82) is 0 Å². The summed E-state index contributed by atoms with van der Waals surface area (Å²) in [5.41, 5.74) is 0. The predicted octanol–water partition coefficient (Wildman–Crippen LogP) is 2.51. The van der Waals surface area contributed by atoms with E-state index in [1.165, 1.54) is 22.7 Å². The fourth-order valence-corrected chi connectivity index (χ4v) is 9.70. The molecule has 5 heteroatoms. The lowest BCUT2D eigenvalue weighted by Gasteiger charge is -2.34. The molecule has 1 aliphatic rings. The van der Waals surface area contributed by atoms with E-state index in [0.29, 0.717) is 0 Å². The molecule has 2 atom stereocenters. The highest BCUT2D eigenvalue weighted by Crippen LogP contribution is 2.45. The fourth-order valence-electron chi connectivity index (χ4n) is 4.47. The van der Waals surface area contributed by atoms with Gasteiger partial charge in [-0.05, 0) is 33.9 Å². The summed E-state index contributed by atoms with van der Waals surface area (Å²) in [4.78, 5) is 23.8. The Kier molecular flexibility index (Phi) is 6.33. The normalized spacial score (nSPS) is 17.6. The lowest BCUT2D eigenvalue weighted by Crippen LogP contribution is -2.67. The number of hydrogen-bond donors (Lipinski definition) is 0. The predicted molar refractivity (Wildman–Crippen MR) is 123 cm³/mol. The van der Waals surface area contributed by atoms with Gasteiger partial charge in [-0.15, -0.1) is 0 Å². The van der Waals surface area contributed by atoms with E-state index < -0.39 is 14.0 Å². The van der Waals surface area contributed by atoms with Gasteiger partial charge in [0.25, 0.3) is 0 Å². The monoisotopic (exact) mass is 430 g/mol. The molecule has 1 saturated carbocycles.